The number of methoxy groups -OCH3 is 1. The Bertz CT molecular complexity index is 944. The van der Waals surface area contributed by atoms with E-state index in [-0.39, 0.29) is 6.03 Å². The standard InChI is InChI=1S/C21H28BN3O4S2/c1-21(2,18(26)27)31-17-11-23-19(30-17)24-20(28)25(12-13-6-4-5-7-13)14-8-9-15(22)16(10-14)29-3/h8-11,13H,4-7,12,22H2,1-3H3,(H,26,27)(H,23,24,28). The number of amides is 2. The van der Waals surface area contributed by atoms with Gasteiger partial charge in [-0.2, -0.15) is 0 Å². The first-order valence-corrected chi connectivity index (χ1v) is 11.9. The SMILES string of the molecule is Bc1ccc(N(CC2CCCC2)C(=O)Nc2ncc(SC(C)(C)C(=O)O)s2)cc1OC. The van der Waals surface area contributed by atoms with Crippen molar-refractivity contribution >= 4 is 59.2 Å². The van der Waals surface area contributed by atoms with E-state index in [9.17, 15) is 14.7 Å². The van der Waals surface area contributed by atoms with E-state index < -0.39 is 10.7 Å². The van der Waals surface area contributed by atoms with Crippen LogP contribution >= 0.6 is 23.1 Å². The minimum atomic E-state index is -0.971. The lowest BCUT2D eigenvalue weighted by Gasteiger charge is -2.26. The third-order valence-electron chi connectivity index (χ3n) is 5.43. The molecular formula is C21H28BN3O4S2. The highest BCUT2D eigenvalue weighted by atomic mass is 32.2. The van der Waals surface area contributed by atoms with Crippen molar-refractivity contribution in [2.24, 2.45) is 5.92 Å². The fourth-order valence-corrected chi connectivity index (χ4v) is 5.82. The summed E-state index contributed by atoms with van der Waals surface area (Å²) in [7, 11) is 3.60. The molecule has 0 radical (unpaired) electrons. The molecule has 7 nitrogen and oxygen atoms in total. The molecule has 31 heavy (non-hydrogen) atoms. The second kappa shape index (κ2) is 9.95. The molecule has 1 saturated carbocycles. The summed E-state index contributed by atoms with van der Waals surface area (Å²) in [5.74, 6) is 0.315. The van der Waals surface area contributed by atoms with Crippen LogP contribution in [0.3, 0.4) is 0 Å². The highest BCUT2D eigenvalue weighted by Gasteiger charge is 2.30. The Labute approximate surface area is 192 Å². The van der Waals surface area contributed by atoms with Crippen LogP contribution in [0.15, 0.2) is 28.6 Å². The van der Waals surface area contributed by atoms with E-state index in [1.54, 1.807) is 32.1 Å². The van der Waals surface area contributed by atoms with Gasteiger partial charge >= 0.3 is 12.0 Å². The van der Waals surface area contributed by atoms with Gasteiger partial charge in [-0.1, -0.05) is 42.0 Å². The first-order chi connectivity index (χ1) is 14.7. The van der Waals surface area contributed by atoms with Crippen LogP contribution in [0, 0.1) is 5.92 Å². The van der Waals surface area contributed by atoms with Crippen molar-refractivity contribution in [1.82, 2.24) is 4.98 Å². The molecule has 0 unspecified atom stereocenters. The number of thioether (sulfide) groups is 1. The fraction of sp³-hybridized carbons (Fsp3) is 0.476. The van der Waals surface area contributed by atoms with Gasteiger partial charge in [-0.3, -0.25) is 15.0 Å². The van der Waals surface area contributed by atoms with Crippen LogP contribution in [0.2, 0.25) is 0 Å². The molecule has 1 heterocycles. The fourth-order valence-electron chi connectivity index (χ4n) is 3.55. The Hall–Kier alpha value is -2.20. The molecule has 2 N–H and O–H groups in total. The average Bonchev–Trinajstić information content (AvgIpc) is 3.38. The molecule has 0 saturated heterocycles. The van der Waals surface area contributed by atoms with Crippen LogP contribution in [0.1, 0.15) is 39.5 Å². The smallest absolute Gasteiger partial charge is 0.328 e. The van der Waals surface area contributed by atoms with Gasteiger partial charge in [0, 0.05) is 18.3 Å². The summed E-state index contributed by atoms with van der Waals surface area (Å²) < 4.78 is 5.22. The van der Waals surface area contributed by atoms with E-state index in [2.05, 4.69) is 10.3 Å². The Morgan fingerprint density at radius 3 is 2.74 bits per heavy atom. The van der Waals surface area contributed by atoms with Gasteiger partial charge in [0.15, 0.2) is 5.13 Å². The number of carbonyl (C=O) groups is 2. The minimum absolute atomic E-state index is 0.249. The van der Waals surface area contributed by atoms with Gasteiger partial charge in [0.2, 0.25) is 0 Å². The van der Waals surface area contributed by atoms with Crippen LogP contribution in [0.5, 0.6) is 5.75 Å². The van der Waals surface area contributed by atoms with Crippen molar-refractivity contribution in [2.45, 2.75) is 48.5 Å². The number of anilines is 2. The zero-order valence-corrected chi connectivity index (χ0v) is 19.9. The lowest BCUT2D eigenvalue weighted by atomic mass is 9.94. The number of carbonyl (C=O) groups excluding carboxylic acids is 1. The van der Waals surface area contributed by atoms with E-state index in [0.717, 1.165) is 34.0 Å². The van der Waals surface area contributed by atoms with Gasteiger partial charge in [0.05, 0.1) is 17.5 Å². The number of rotatable bonds is 8. The number of aromatic nitrogens is 1. The van der Waals surface area contributed by atoms with E-state index in [0.29, 0.717) is 17.6 Å². The summed E-state index contributed by atoms with van der Waals surface area (Å²) in [5, 5.41) is 12.7. The van der Waals surface area contributed by atoms with Gasteiger partial charge in [0.1, 0.15) is 18.3 Å². The van der Waals surface area contributed by atoms with Crippen molar-refractivity contribution in [3.63, 3.8) is 0 Å². The summed E-state index contributed by atoms with van der Waals surface area (Å²) in [6.07, 6.45) is 6.24. The third-order valence-corrected chi connectivity index (χ3v) is 7.63. The average molecular weight is 461 g/mol. The van der Waals surface area contributed by atoms with Crippen molar-refractivity contribution in [2.75, 3.05) is 23.9 Å². The lowest BCUT2D eigenvalue weighted by molar-refractivity contribution is -0.138. The molecule has 0 aliphatic heterocycles. The van der Waals surface area contributed by atoms with Crippen LogP contribution < -0.4 is 20.4 Å². The Balaban J connectivity index is 1.78. The summed E-state index contributed by atoms with van der Waals surface area (Å²) in [6, 6.07) is 5.53. The summed E-state index contributed by atoms with van der Waals surface area (Å²) >= 11 is 2.49. The van der Waals surface area contributed by atoms with Gasteiger partial charge in [-0.15, -0.1) is 0 Å². The predicted molar refractivity (Wildman–Crippen MR) is 129 cm³/mol. The van der Waals surface area contributed by atoms with Crippen molar-refractivity contribution in [1.29, 1.82) is 0 Å². The number of carboxylic acids is 1. The number of hydrogen-bond acceptors (Lipinski definition) is 6. The number of thiazole rings is 1. The van der Waals surface area contributed by atoms with E-state index in [1.165, 1.54) is 35.9 Å². The number of urea groups is 1. The molecule has 0 atom stereocenters. The Morgan fingerprint density at radius 1 is 1.39 bits per heavy atom. The lowest BCUT2D eigenvalue weighted by Crippen LogP contribution is -2.38. The molecule has 166 valence electrons. The molecule has 10 heteroatoms. The van der Waals surface area contributed by atoms with Crippen LogP contribution in [-0.4, -0.2) is 48.3 Å². The molecule has 2 aromatic rings. The molecular weight excluding hydrogens is 433 g/mol. The maximum Gasteiger partial charge on any atom is 0.328 e. The van der Waals surface area contributed by atoms with E-state index >= 15 is 0 Å². The first-order valence-electron chi connectivity index (χ1n) is 10.3. The van der Waals surface area contributed by atoms with Crippen LogP contribution in [-0.2, 0) is 4.79 Å². The van der Waals surface area contributed by atoms with Gasteiger partial charge in [0.25, 0.3) is 0 Å². The number of ether oxygens (including phenoxy) is 1. The predicted octanol–water partition coefficient (Wildman–Crippen LogP) is 3.59. The molecule has 1 fully saturated rings. The molecule has 1 aromatic carbocycles. The number of nitrogens with zero attached hydrogens (tertiary/aromatic N) is 2. The molecule has 0 bridgehead atoms. The van der Waals surface area contributed by atoms with Crippen molar-refractivity contribution in [3.8, 4) is 5.75 Å². The molecule has 2 amide bonds. The minimum Gasteiger partial charge on any atom is -0.497 e. The topological polar surface area (TPSA) is 91.8 Å². The zero-order valence-electron chi connectivity index (χ0n) is 18.3. The van der Waals surface area contributed by atoms with Crippen LogP contribution in [0.25, 0.3) is 0 Å². The molecule has 3 rings (SSSR count). The molecule has 1 aliphatic rings. The van der Waals surface area contributed by atoms with E-state index in [4.69, 9.17) is 4.74 Å². The molecule has 0 spiro atoms. The Kier molecular flexibility index (Phi) is 7.53. The third kappa shape index (κ3) is 5.95. The van der Waals surface area contributed by atoms with Gasteiger partial charge < -0.3 is 9.84 Å². The number of benzene rings is 1. The Morgan fingerprint density at radius 2 is 2.10 bits per heavy atom. The summed E-state index contributed by atoms with van der Waals surface area (Å²) in [6.45, 7) is 3.93. The highest BCUT2D eigenvalue weighted by molar-refractivity contribution is 8.03. The van der Waals surface area contributed by atoms with Gasteiger partial charge in [-0.05, 0) is 44.1 Å². The van der Waals surface area contributed by atoms with Crippen molar-refractivity contribution < 1.29 is 19.4 Å². The quantitative estimate of drug-likeness (QED) is 0.461. The second-order valence-electron chi connectivity index (χ2n) is 8.25. The highest BCUT2D eigenvalue weighted by Crippen LogP contribution is 2.37. The summed E-state index contributed by atoms with van der Waals surface area (Å²) in [4.78, 5) is 30.6. The first kappa shape index (κ1) is 23.5. The number of nitrogens with one attached hydrogen (secondary N) is 1. The summed E-state index contributed by atoms with van der Waals surface area (Å²) in [5.41, 5.74) is 1.79. The zero-order chi connectivity index (χ0) is 22.6. The maximum atomic E-state index is 13.2. The van der Waals surface area contributed by atoms with Crippen molar-refractivity contribution in [3.05, 3.63) is 24.4 Å². The number of carboxylic acid groups (broad SMARTS) is 1. The van der Waals surface area contributed by atoms with E-state index in [1.807, 2.05) is 26.0 Å². The number of hydrogen-bond donors (Lipinski definition) is 2. The normalized spacial score (nSPS) is 14.4. The molecule has 1 aliphatic carbocycles. The number of aliphatic carboxylic acids is 1. The molecule has 1 aromatic heterocycles. The monoisotopic (exact) mass is 461 g/mol. The second-order valence-corrected chi connectivity index (χ2v) is 11.2. The largest absolute Gasteiger partial charge is 0.497 e. The van der Waals surface area contributed by atoms with Gasteiger partial charge in [-0.25, -0.2) is 9.78 Å². The van der Waals surface area contributed by atoms with Crippen LogP contribution in [0.4, 0.5) is 15.6 Å². The maximum absolute atomic E-state index is 13.2.